The number of hydrogen-bond donors (Lipinski definition) is 2. The van der Waals surface area contributed by atoms with Crippen LogP contribution in [0.2, 0.25) is 0 Å². The molecule has 0 aliphatic carbocycles. The number of hydrogen-bond acceptors (Lipinski definition) is 5. The molecule has 0 atom stereocenters. The van der Waals surface area contributed by atoms with E-state index in [4.69, 9.17) is 5.73 Å². The van der Waals surface area contributed by atoms with Crippen LogP contribution in [-0.4, -0.2) is 36.9 Å². The molecule has 3 N–H and O–H groups in total. The van der Waals surface area contributed by atoms with Crippen molar-refractivity contribution in [2.24, 2.45) is 0 Å². The van der Waals surface area contributed by atoms with Crippen LogP contribution in [0.1, 0.15) is 23.2 Å². The average molecular weight is 269 g/mol. The third kappa shape index (κ3) is 2.98. The van der Waals surface area contributed by atoms with Crippen molar-refractivity contribution in [3.05, 3.63) is 23.9 Å². The van der Waals surface area contributed by atoms with E-state index >= 15 is 0 Å². The molecule has 1 saturated heterocycles. The highest BCUT2D eigenvalue weighted by Gasteiger charge is 2.25. The fourth-order valence-corrected chi connectivity index (χ4v) is 3.40. The van der Waals surface area contributed by atoms with Gasteiger partial charge in [-0.1, -0.05) is 0 Å². The first-order chi connectivity index (χ1) is 8.48. The zero-order valence-corrected chi connectivity index (χ0v) is 10.6. The van der Waals surface area contributed by atoms with Crippen LogP contribution >= 0.6 is 0 Å². The number of nitrogens with zero attached hydrogens (tertiary/aromatic N) is 1. The van der Waals surface area contributed by atoms with Crippen molar-refractivity contribution in [3.63, 3.8) is 0 Å². The summed E-state index contributed by atoms with van der Waals surface area (Å²) in [7, 11) is -2.91. The van der Waals surface area contributed by atoms with Crippen LogP contribution in [0, 0.1) is 0 Å². The minimum atomic E-state index is -2.91. The molecule has 1 fully saturated rings. The number of anilines is 1. The Morgan fingerprint density at radius 3 is 2.67 bits per heavy atom. The standard InChI is InChI=1S/C11H15N3O3S/c12-10-9(2-1-5-13-10)11(15)14-8-3-6-18(16,17)7-4-8/h1-2,5,8H,3-4,6-7H2,(H2,12,13)(H,14,15). The summed E-state index contributed by atoms with van der Waals surface area (Å²) in [5.41, 5.74) is 5.93. The molecule has 1 aromatic rings. The van der Waals surface area contributed by atoms with E-state index in [2.05, 4.69) is 10.3 Å². The van der Waals surface area contributed by atoms with Crippen molar-refractivity contribution in [2.75, 3.05) is 17.2 Å². The van der Waals surface area contributed by atoms with Gasteiger partial charge in [-0.3, -0.25) is 4.79 Å². The molecule has 98 valence electrons. The highest BCUT2D eigenvalue weighted by molar-refractivity contribution is 7.91. The zero-order chi connectivity index (χ0) is 13.2. The molecule has 1 aliphatic rings. The van der Waals surface area contributed by atoms with Gasteiger partial charge in [-0.05, 0) is 25.0 Å². The highest BCUT2D eigenvalue weighted by Crippen LogP contribution is 2.14. The molecule has 2 heterocycles. The predicted octanol–water partition coefficient (Wildman–Crippen LogP) is -0.0292. The Hall–Kier alpha value is -1.63. The van der Waals surface area contributed by atoms with Gasteiger partial charge in [0.15, 0.2) is 0 Å². The third-order valence-corrected chi connectivity index (χ3v) is 4.69. The van der Waals surface area contributed by atoms with Crippen molar-refractivity contribution >= 4 is 21.6 Å². The van der Waals surface area contributed by atoms with Gasteiger partial charge < -0.3 is 11.1 Å². The van der Waals surface area contributed by atoms with Crippen LogP contribution < -0.4 is 11.1 Å². The van der Waals surface area contributed by atoms with Crippen LogP contribution in [0.3, 0.4) is 0 Å². The van der Waals surface area contributed by atoms with E-state index in [0.717, 1.165) is 0 Å². The fraction of sp³-hybridized carbons (Fsp3) is 0.455. The van der Waals surface area contributed by atoms with E-state index in [1.165, 1.54) is 6.20 Å². The number of rotatable bonds is 2. The number of amides is 1. The van der Waals surface area contributed by atoms with E-state index in [9.17, 15) is 13.2 Å². The van der Waals surface area contributed by atoms with Gasteiger partial charge in [-0.15, -0.1) is 0 Å². The highest BCUT2D eigenvalue weighted by atomic mass is 32.2. The predicted molar refractivity (Wildman–Crippen MR) is 67.8 cm³/mol. The summed E-state index contributed by atoms with van der Waals surface area (Å²) in [5, 5.41) is 2.79. The molecule has 1 amide bonds. The largest absolute Gasteiger partial charge is 0.383 e. The Morgan fingerprint density at radius 2 is 2.06 bits per heavy atom. The molecule has 6 nitrogen and oxygen atoms in total. The van der Waals surface area contributed by atoms with Crippen molar-refractivity contribution < 1.29 is 13.2 Å². The monoisotopic (exact) mass is 269 g/mol. The van der Waals surface area contributed by atoms with Gasteiger partial charge in [0, 0.05) is 12.2 Å². The Labute approximate surface area is 106 Å². The van der Waals surface area contributed by atoms with Gasteiger partial charge >= 0.3 is 0 Å². The zero-order valence-electron chi connectivity index (χ0n) is 9.80. The lowest BCUT2D eigenvalue weighted by Gasteiger charge is -2.23. The molecule has 0 unspecified atom stereocenters. The Kier molecular flexibility index (Phi) is 3.51. The number of aromatic nitrogens is 1. The molecular weight excluding hydrogens is 254 g/mol. The number of sulfone groups is 1. The van der Waals surface area contributed by atoms with E-state index in [1.807, 2.05) is 0 Å². The summed E-state index contributed by atoms with van der Waals surface area (Å²) in [5.74, 6) is 0.129. The summed E-state index contributed by atoms with van der Waals surface area (Å²) in [6, 6.07) is 3.12. The summed E-state index contributed by atoms with van der Waals surface area (Å²) in [6.45, 7) is 0. The number of nitrogens with two attached hydrogens (primary N) is 1. The molecule has 1 aliphatic heterocycles. The Bertz CT molecular complexity index is 542. The number of nitrogens with one attached hydrogen (secondary N) is 1. The first-order valence-corrected chi connectivity index (χ1v) is 7.52. The number of pyridine rings is 1. The van der Waals surface area contributed by atoms with Crippen LogP contribution in [-0.2, 0) is 9.84 Å². The molecule has 2 rings (SSSR count). The Morgan fingerprint density at radius 1 is 1.39 bits per heavy atom. The lowest BCUT2D eigenvalue weighted by Crippen LogP contribution is -2.41. The van der Waals surface area contributed by atoms with Gasteiger partial charge in [-0.25, -0.2) is 13.4 Å². The van der Waals surface area contributed by atoms with Crippen molar-refractivity contribution in [3.8, 4) is 0 Å². The van der Waals surface area contributed by atoms with Gasteiger partial charge in [0.1, 0.15) is 15.7 Å². The second-order valence-corrected chi connectivity index (χ2v) is 6.64. The molecule has 1 aromatic heterocycles. The topological polar surface area (TPSA) is 102 Å². The molecule has 0 saturated carbocycles. The third-order valence-electron chi connectivity index (χ3n) is 2.97. The molecule has 0 radical (unpaired) electrons. The SMILES string of the molecule is Nc1ncccc1C(=O)NC1CCS(=O)(=O)CC1. The average Bonchev–Trinajstić information content (AvgIpc) is 2.32. The quantitative estimate of drug-likeness (QED) is 0.785. The van der Waals surface area contributed by atoms with E-state index in [0.29, 0.717) is 18.4 Å². The fourth-order valence-electron chi connectivity index (χ4n) is 1.91. The molecular formula is C11H15N3O3S. The van der Waals surface area contributed by atoms with E-state index in [1.54, 1.807) is 12.1 Å². The lowest BCUT2D eigenvalue weighted by molar-refractivity contribution is 0.0935. The van der Waals surface area contributed by atoms with Crippen molar-refractivity contribution in [2.45, 2.75) is 18.9 Å². The maximum atomic E-state index is 11.9. The molecule has 7 heteroatoms. The second-order valence-electron chi connectivity index (χ2n) is 4.34. The summed E-state index contributed by atoms with van der Waals surface area (Å²) >= 11 is 0. The number of carbonyl (C=O) groups is 1. The molecule has 0 spiro atoms. The minimum absolute atomic E-state index is 0.111. The van der Waals surface area contributed by atoms with Gasteiger partial charge in [-0.2, -0.15) is 0 Å². The summed E-state index contributed by atoms with van der Waals surface area (Å²) in [6.07, 6.45) is 2.42. The maximum Gasteiger partial charge on any atom is 0.255 e. The molecule has 0 bridgehead atoms. The van der Waals surface area contributed by atoms with Crippen LogP contribution in [0.25, 0.3) is 0 Å². The van der Waals surface area contributed by atoms with Crippen LogP contribution in [0.15, 0.2) is 18.3 Å². The summed E-state index contributed by atoms with van der Waals surface area (Å²) in [4.78, 5) is 15.8. The van der Waals surface area contributed by atoms with E-state index < -0.39 is 9.84 Å². The Balaban J connectivity index is 1.99. The van der Waals surface area contributed by atoms with Gasteiger partial charge in [0.05, 0.1) is 17.1 Å². The normalized spacial score (nSPS) is 19.3. The van der Waals surface area contributed by atoms with Gasteiger partial charge in [0.2, 0.25) is 0 Å². The number of carbonyl (C=O) groups excluding carboxylic acids is 1. The minimum Gasteiger partial charge on any atom is -0.383 e. The second kappa shape index (κ2) is 4.93. The number of nitrogen functional groups attached to an aromatic ring is 1. The van der Waals surface area contributed by atoms with Crippen molar-refractivity contribution in [1.29, 1.82) is 0 Å². The smallest absolute Gasteiger partial charge is 0.255 e. The van der Waals surface area contributed by atoms with E-state index in [-0.39, 0.29) is 29.3 Å². The first kappa shape index (κ1) is 12.8. The van der Waals surface area contributed by atoms with Gasteiger partial charge in [0.25, 0.3) is 5.91 Å². The van der Waals surface area contributed by atoms with Crippen LogP contribution in [0.4, 0.5) is 5.82 Å². The molecule has 0 aromatic carbocycles. The first-order valence-electron chi connectivity index (χ1n) is 5.70. The van der Waals surface area contributed by atoms with Crippen LogP contribution in [0.5, 0.6) is 0 Å². The lowest BCUT2D eigenvalue weighted by atomic mass is 10.1. The maximum absolute atomic E-state index is 11.9. The van der Waals surface area contributed by atoms with Crippen molar-refractivity contribution in [1.82, 2.24) is 10.3 Å². The molecule has 18 heavy (non-hydrogen) atoms. The summed E-state index contributed by atoms with van der Waals surface area (Å²) < 4.78 is 22.5.